The second-order valence-electron chi connectivity index (χ2n) is 6.17. The highest BCUT2D eigenvalue weighted by molar-refractivity contribution is 5.80. The van der Waals surface area contributed by atoms with Crippen molar-refractivity contribution in [2.45, 2.75) is 26.8 Å². The third-order valence-corrected chi connectivity index (χ3v) is 3.92. The fraction of sp³-hybridized carbons (Fsp3) is 0.294. The van der Waals surface area contributed by atoms with Crippen LogP contribution in [0.15, 0.2) is 39.0 Å². The van der Waals surface area contributed by atoms with Crippen LogP contribution in [-0.2, 0) is 7.05 Å². The maximum absolute atomic E-state index is 12.2. The number of aryl methyl sites for hydroxylation is 2. The molecule has 3 aromatic rings. The summed E-state index contributed by atoms with van der Waals surface area (Å²) in [6, 6.07) is 7.88. The highest BCUT2D eigenvalue weighted by Crippen LogP contribution is 2.20. The lowest BCUT2D eigenvalue weighted by Crippen LogP contribution is -2.29. The van der Waals surface area contributed by atoms with E-state index in [1.807, 2.05) is 45.0 Å². The molecule has 0 saturated heterocycles. The Morgan fingerprint density at radius 3 is 2.56 bits per heavy atom. The van der Waals surface area contributed by atoms with Gasteiger partial charge in [0.1, 0.15) is 0 Å². The third kappa shape index (κ3) is 3.10. The van der Waals surface area contributed by atoms with Gasteiger partial charge in [0.15, 0.2) is 11.2 Å². The molecule has 0 bridgehead atoms. The van der Waals surface area contributed by atoms with E-state index in [4.69, 9.17) is 0 Å². The first-order valence-corrected chi connectivity index (χ1v) is 7.95. The van der Waals surface area contributed by atoms with Gasteiger partial charge in [0.2, 0.25) is 5.95 Å². The molecule has 0 aliphatic heterocycles. The summed E-state index contributed by atoms with van der Waals surface area (Å²) in [7, 11) is 1.57. The maximum atomic E-state index is 12.2. The largest absolute Gasteiger partial charge is 0.329 e. The molecule has 0 spiro atoms. The molecule has 25 heavy (non-hydrogen) atoms. The number of hydrogen-bond donors (Lipinski definition) is 2. The summed E-state index contributed by atoms with van der Waals surface area (Å²) in [4.78, 5) is 30.7. The first-order valence-electron chi connectivity index (χ1n) is 7.95. The Morgan fingerprint density at radius 2 is 1.92 bits per heavy atom. The molecule has 0 radical (unpaired) electrons. The number of hydrogen-bond acceptors (Lipinski definition) is 5. The van der Waals surface area contributed by atoms with Crippen LogP contribution in [-0.4, -0.2) is 25.3 Å². The molecule has 3 rings (SSSR count). The highest BCUT2D eigenvalue weighted by atomic mass is 16.2. The van der Waals surface area contributed by atoms with E-state index in [0.717, 1.165) is 5.56 Å². The van der Waals surface area contributed by atoms with Crippen LogP contribution in [0.2, 0.25) is 0 Å². The van der Waals surface area contributed by atoms with E-state index in [9.17, 15) is 9.59 Å². The average Bonchev–Trinajstić information content (AvgIpc) is 2.95. The van der Waals surface area contributed by atoms with Crippen molar-refractivity contribution in [3.63, 3.8) is 0 Å². The molecule has 0 atom stereocenters. The standard InChI is InChI=1S/C17H20N6O2/c1-10(2)23-13-14(22(4)17(25)20-15(13)24)19-16(23)21-18-9-12-7-5-11(3)6-8-12/h5-10H,1-4H3,(H,19,21)(H,20,24,25). The van der Waals surface area contributed by atoms with Crippen LogP contribution in [0.3, 0.4) is 0 Å². The van der Waals surface area contributed by atoms with Gasteiger partial charge in [0.05, 0.1) is 6.21 Å². The number of nitrogens with zero attached hydrogens (tertiary/aromatic N) is 4. The molecule has 0 unspecified atom stereocenters. The summed E-state index contributed by atoms with van der Waals surface area (Å²) in [5, 5.41) is 4.20. The number of benzene rings is 1. The molecule has 130 valence electrons. The molecule has 0 aliphatic rings. The Kier molecular flexibility index (Phi) is 4.26. The van der Waals surface area contributed by atoms with Crippen LogP contribution >= 0.6 is 0 Å². The molecule has 2 heterocycles. The molecular weight excluding hydrogens is 320 g/mol. The zero-order chi connectivity index (χ0) is 18.1. The van der Waals surface area contributed by atoms with Gasteiger partial charge in [-0.25, -0.2) is 10.2 Å². The summed E-state index contributed by atoms with van der Waals surface area (Å²) in [5.74, 6) is 0.403. The molecule has 8 heteroatoms. The first kappa shape index (κ1) is 16.7. The fourth-order valence-electron chi connectivity index (χ4n) is 2.60. The number of rotatable bonds is 4. The van der Waals surface area contributed by atoms with E-state index in [2.05, 4.69) is 20.5 Å². The lowest BCUT2D eigenvalue weighted by Gasteiger charge is -2.11. The Morgan fingerprint density at radius 1 is 1.24 bits per heavy atom. The number of fused-ring (bicyclic) bond motifs is 1. The minimum atomic E-state index is -0.499. The SMILES string of the molecule is Cc1ccc(C=NNc2nc3c(c(=O)[nH]c(=O)n3C)n2C(C)C)cc1. The number of aromatic amines is 1. The monoisotopic (exact) mass is 340 g/mol. The van der Waals surface area contributed by atoms with Gasteiger partial charge >= 0.3 is 5.69 Å². The van der Waals surface area contributed by atoms with Gasteiger partial charge in [0, 0.05) is 13.1 Å². The predicted octanol–water partition coefficient (Wildman–Crippen LogP) is 1.76. The molecule has 8 nitrogen and oxygen atoms in total. The van der Waals surface area contributed by atoms with E-state index >= 15 is 0 Å². The lowest BCUT2D eigenvalue weighted by atomic mass is 10.2. The third-order valence-electron chi connectivity index (χ3n) is 3.92. The van der Waals surface area contributed by atoms with Crippen molar-refractivity contribution < 1.29 is 0 Å². The van der Waals surface area contributed by atoms with E-state index < -0.39 is 11.2 Å². The highest BCUT2D eigenvalue weighted by Gasteiger charge is 2.18. The molecule has 0 saturated carbocycles. The van der Waals surface area contributed by atoms with Gasteiger partial charge in [0.25, 0.3) is 5.56 Å². The summed E-state index contributed by atoms with van der Waals surface area (Å²) >= 11 is 0. The number of imidazole rings is 1. The minimum absolute atomic E-state index is 0.0410. The van der Waals surface area contributed by atoms with E-state index in [-0.39, 0.29) is 6.04 Å². The van der Waals surface area contributed by atoms with Crippen molar-refractivity contribution in [3.8, 4) is 0 Å². The van der Waals surface area contributed by atoms with Crippen LogP contribution in [0, 0.1) is 6.92 Å². The number of H-pyrrole nitrogens is 1. The zero-order valence-corrected chi connectivity index (χ0v) is 14.6. The number of hydrazone groups is 1. The Balaban J connectivity index is 2.04. The second kappa shape index (κ2) is 6.39. The second-order valence-corrected chi connectivity index (χ2v) is 6.17. The van der Waals surface area contributed by atoms with Crippen molar-refractivity contribution in [1.82, 2.24) is 19.1 Å². The molecular formula is C17H20N6O2. The van der Waals surface area contributed by atoms with E-state index in [1.165, 1.54) is 10.1 Å². The van der Waals surface area contributed by atoms with Crippen molar-refractivity contribution in [2.75, 3.05) is 5.43 Å². The van der Waals surface area contributed by atoms with Gasteiger partial charge in [-0.3, -0.25) is 14.3 Å². The molecule has 2 aromatic heterocycles. The minimum Gasteiger partial charge on any atom is -0.300 e. The van der Waals surface area contributed by atoms with E-state index in [0.29, 0.717) is 17.1 Å². The summed E-state index contributed by atoms with van der Waals surface area (Å²) < 4.78 is 3.03. The van der Waals surface area contributed by atoms with Gasteiger partial charge in [-0.05, 0) is 26.3 Å². The molecule has 0 fully saturated rings. The predicted molar refractivity (Wildman–Crippen MR) is 98.4 cm³/mol. The lowest BCUT2D eigenvalue weighted by molar-refractivity contribution is 0.620. The number of aromatic nitrogens is 4. The van der Waals surface area contributed by atoms with Gasteiger partial charge < -0.3 is 4.57 Å². The van der Waals surface area contributed by atoms with Crippen LogP contribution in [0.25, 0.3) is 11.2 Å². The summed E-state index contributed by atoms with van der Waals surface area (Å²) in [6.45, 7) is 5.88. The van der Waals surface area contributed by atoms with Crippen molar-refractivity contribution in [2.24, 2.45) is 12.1 Å². The smallest absolute Gasteiger partial charge is 0.300 e. The van der Waals surface area contributed by atoms with Crippen LogP contribution in [0.4, 0.5) is 5.95 Å². The quantitative estimate of drug-likeness (QED) is 0.558. The Labute approximate surface area is 143 Å². The molecule has 0 amide bonds. The Hall–Kier alpha value is -3.16. The van der Waals surface area contributed by atoms with Gasteiger partial charge in [-0.2, -0.15) is 10.1 Å². The fourth-order valence-corrected chi connectivity index (χ4v) is 2.60. The Bertz CT molecular complexity index is 1050. The molecule has 2 N–H and O–H groups in total. The van der Waals surface area contributed by atoms with Crippen molar-refractivity contribution in [3.05, 3.63) is 56.2 Å². The van der Waals surface area contributed by atoms with Crippen LogP contribution < -0.4 is 16.7 Å². The summed E-state index contributed by atoms with van der Waals surface area (Å²) in [5.41, 5.74) is 4.68. The zero-order valence-electron chi connectivity index (χ0n) is 14.6. The normalized spacial score (nSPS) is 11.7. The van der Waals surface area contributed by atoms with Crippen molar-refractivity contribution in [1.29, 1.82) is 0 Å². The number of nitrogens with one attached hydrogen (secondary N) is 2. The van der Waals surface area contributed by atoms with Crippen LogP contribution in [0.5, 0.6) is 0 Å². The topological polar surface area (TPSA) is 97.1 Å². The van der Waals surface area contributed by atoms with Gasteiger partial charge in [-0.15, -0.1) is 0 Å². The molecule has 1 aromatic carbocycles. The van der Waals surface area contributed by atoms with Gasteiger partial charge in [-0.1, -0.05) is 29.8 Å². The molecule has 0 aliphatic carbocycles. The van der Waals surface area contributed by atoms with E-state index in [1.54, 1.807) is 17.8 Å². The summed E-state index contributed by atoms with van der Waals surface area (Å²) in [6.07, 6.45) is 1.67. The number of anilines is 1. The van der Waals surface area contributed by atoms with Crippen molar-refractivity contribution >= 4 is 23.3 Å². The first-order chi connectivity index (χ1) is 11.9. The van der Waals surface area contributed by atoms with Crippen LogP contribution in [0.1, 0.15) is 31.0 Å². The maximum Gasteiger partial charge on any atom is 0.329 e. The average molecular weight is 340 g/mol.